The Hall–Kier alpha value is -3.35. The van der Waals surface area contributed by atoms with E-state index in [1.54, 1.807) is 0 Å². The van der Waals surface area contributed by atoms with Crippen molar-refractivity contribution in [3.63, 3.8) is 0 Å². The minimum atomic E-state index is -0.820. The molecule has 1 saturated carbocycles. The number of aliphatic carboxylic acids is 1. The Morgan fingerprint density at radius 3 is 2.23 bits per heavy atom. The lowest BCUT2D eigenvalue weighted by molar-refractivity contribution is -0.143. The van der Waals surface area contributed by atoms with Gasteiger partial charge in [0.1, 0.15) is 12.6 Å². The number of carbonyl (C=O) groups excluding carboxylic acids is 2. The van der Waals surface area contributed by atoms with Crippen LogP contribution in [0.15, 0.2) is 48.5 Å². The van der Waals surface area contributed by atoms with Crippen LogP contribution >= 0.6 is 0 Å². The van der Waals surface area contributed by atoms with Gasteiger partial charge in [-0.1, -0.05) is 68.8 Å². The highest BCUT2D eigenvalue weighted by Gasteiger charge is 2.32. The highest BCUT2D eigenvalue weighted by atomic mass is 16.5. The lowest BCUT2D eigenvalue weighted by Gasteiger charge is -2.29. The van der Waals surface area contributed by atoms with Gasteiger partial charge in [-0.2, -0.15) is 0 Å². The molecule has 0 aliphatic heterocycles. The minimum absolute atomic E-state index is 0.0549. The summed E-state index contributed by atoms with van der Waals surface area (Å²) < 4.78 is 5.63. The van der Waals surface area contributed by atoms with Gasteiger partial charge in [-0.05, 0) is 53.9 Å². The molecule has 3 atom stereocenters. The summed E-state index contributed by atoms with van der Waals surface area (Å²) in [5.41, 5.74) is 4.56. The fraction of sp³-hybridized carbons (Fsp3) is 0.464. The number of carboxylic acids is 1. The van der Waals surface area contributed by atoms with Crippen LogP contribution in [0.4, 0.5) is 4.79 Å². The molecule has 3 N–H and O–H groups in total. The Kier molecular flexibility index (Phi) is 7.73. The van der Waals surface area contributed by atoms with Crippen molar-refractivity contribution in [2.45, 2.75) is 64.0 Å². The van der Waals surface area contributed by atoms with Crippen molar-refractivity contribution in [1.82, 2.24) is 10.6 Å². The summed E-state index contributed by atoms with van der Waals surface area (Å²) in [5.74, 6) is -1.42. The first-order valence-corrected chi connectivity index (χ1v) is 12.5. The molecule has 4 rings (SSSR count). The first kappa shape index (κ1) is 24.8. The van der Waals surface area contributed by atoms with Gasteiger partial charge in [0.15, 0.2) is 0 Å². The monoisotopic (exact) mass is 478 g/mol. The topological polar surface area (TPSA) is 105 Å². The molecule has 2 amide bonds. The van der Waals surface area contributed by atoms with Crippen molar-refractivity contribution < 1.29 is 24.2 Å². The van der Waals surface area contributed by atoms with Crippen LogP contribution in [0.5, 0.6) is 0 Å². The Morgan fingerprint density at radius 2 is 1.63 bits per heavy atom. The predicted octanol–water partition coefficient (Wildman–Crippen LogP) is 4.70. The zero-order valence-corrected chi connectivity index (χ0v) is 20.3. The largest absolute Gasteiger partial charge is 0.481 e. The molecule has 0 radical (unpaired) electrons. The summed E-state index contributed by atoms with van der Waals surface area (Å²) in [6.07, 6.45) is 2.39. The number of carboxylic acid groups (broad SMARTS) is 1. The van der Waals surface area contributed by atoms with E-state index < -0.39 is 24.0 Å². The highest BCUT2D eigenvalue weighted by Crippen LogP contribution is 2.44. The van der Waals surface area contributed by atoms with E-state index in [0.29, 0.717) is 19.3 Å². The van der Waals surface area contributed by atoms with Gasteiger partial charge in [-0.15, -0.1) is 0 Å². The van der Waals surface area contributed by atoms with Gasteiger partial charge in [-0.3, -0.25) is 9.59 Å². The molecule has 2 aromatic rings. The maximum atomic E-state index is 13.0. The smallest absolute Gasteiger partial charge is 0.407 e. The summed E-state index contributed by atoms with van der Waals surface area (Å²) >= 11 is 0. The standard InChI is InChI=1S/C28H34N2O5/c1-17(2)14-25(26(31)29-19-9-7-8-18(15-19)27(32)33)30-28(34)35-16-24-22-12-5-3-10-20(22)21-11-4-6-13-23(21)24/h3-6,10-13,17-19,24-25H,7-9,14-16H2,1-2H3,(H,29,31)(H,30,34)(H,32,33)/t18-,19+,25-/m0/s1. The van der Waals surface area contributed by atoms with E-state index >= 15 is 0 Å². The number of benzene rings is 2. The second-order valence-electron chi connectivity index (χ2n) is 10.1. The van der Waals surface area contributed by atoms with Crippen molar-refractivity contribution in [3.8, 4) is 11.1 Å². The number of ether oxygens (including phenoxy) is 1. The SMILES string of the molecule is CC(C)C[C@H](NC(=O)OCC1c2ccccc2-c2ccccc21)C(=O)N[C@@H]1CCC[C@H](C(=O)O)C1. The number of rotatable bonds is 8. The molecule has 0 aromatic heterocycles. The number of amides is 2. The first-order valence-electron chi connectivity index (χ1n) is 12.5. The molecule has 0 bridgehead atoms. The number of hydrogen-bond acceptors (Lipinski definition) is 4. The second-order valence-corrected chi connectivity index (χ2v) is 10.1. The van der Waals surface area contributed by atoms with Crippen molar-refractivity contribution in [1.29, 1.82) is 0 Å². The van der Waals surface area contributed by atoms with Crippen LogP contribution in [-0.4, -0.2) is 41.8 Å². The third-order valence-corrected chi connectivity index (χ3v) is 7.03. The molecule has 1 fully saturated rings. The Bertz CT molecular complexity index is 1040. The summed E-state index contributed by atoms with van der Waals surface area (Å²) in [6.45, 7) is 4.15. The number of alkyl carbamates (subject to hydrolysis) is 1. The summed E-state index contributed by atoms with van der Waals surface area (Å²) in [5, 5.41) is 15.0. The van der Waals surface area contributed by atoms with Crippen LogP contribution in [0.1, 0.15) is 63.0 Å². The summed E-state index contributed by atoms with van der Waals surface area (Å²) in [4.78, 5) is 37.1. The summed E-state index contributed by atoms with van der Waals surface area (Å²) in [7, 11) is 0. The number of nitrogens with one attached hydrogen (secondary N) is 2. The molecule has 0 saturated heterocycles. The van der Waals surface area contributed by atoms with E-state index in [1.807, 2.05) is 38.1 Å². The van der Waals surface area contributed by atoms with Crippen LogP contribution < -0.4 is 10.6 Å². The van der Waals surface area contributed by atoms with Gasteiger partial charge in [-0.25, -0.2) is 4.79 Å². The minimum Gasteiger partial charge on any atom is -0.481 e. The van der Waals surface area contributed by atoms with Crippen molar-refractivity contribution in [2.75, 3.05) is 6.61 Å². The Balaban J connectivity index is 1.38. The number of hydrogen-bond donors (Lipinski definition) is 3. The van der Waals surface area contributed by atoms with Gasteiger partial charge < -0.3 is 20.5 Å². The molecule has 0 heterocycles. The van der Waals surface area contributed by atoms with Crippen molar-refractivity contribution in [2.24, 2.45) is 11.8 Å². The van der Waals surface area contributed by atoms with E-state index in [2.05, 4.69) is 34.9 Å². The lowest BCUT2D eigenvalue weighted by Crippen LogP contribution is -2.51. The van der Waals surface area contributed by atoms with Gasteiger partial charge in [0.05, 0.1) is 5.92 Å². The molecule has 2 aromatic carbocycles. The van der Waals surface area contributed by atoms with E-state index in [9.17, 15) is 19.5 Å². The lowest BCUT2D eigenvalue weighted by atomic mass is 9.85. The number of carbonyl (C=O) groups is 3. The Morgan fingerprint density at radius 1 is 1.00 bits per heavy atom. The fourth-order valence-corrected chi connectivity index (χ4v) is 5.33. The third-order valence-electron chi connectivity index (χ3n) is 7.03. The molecular weight excluding hydrogens is 444 g/mol. The molecule has 186 valence electrons. The molecule has 2 aliphatic carbocycles. The molecular formula is C28H34N2O5. The first-order chi connectivity index (χ1) is 16.8. The van der Waals surface area contributed by atoms with Gasteiger partial charge in [0, 0.05) is 12.0 Å². The zero-order valence-electron chi connectivity index (χ0n) is 20.3. The average molecular weight is 479 g/mol. The van der Waals surface area contributed by atoms with Crippen LogP contribution in [0.25, 0.3) is 11.1 Å². The van der Waals surface area contributed by atoms with Crippen LogP contribution in [0.2, 0.25) is 0 Å². The zero-order chi connectivity index (χ0) is 24.9. The van der Waals surface area contributed by atoms with Gasteiger partial charge in [0.25, 0.3) is 0 Å². The predicted molar refractivity (Wildman–Crippen MR) is 133 cm³/mol. The maximum absolute atomic E-state index is 13.0. The normalized spacial score (nSPS) is 20.0. The molecule has 2 aliphatic rings. The molecule has 35 heavy (non-hydrogen) atoms. The van der Waals surface area contributed by atoms with E-state index in [4.69, 9.17) is 4.74 Å². The molecule has 7 heteroatoms. The third kappa shape index (κ3) is 5.84. The van der Waals surface area contributed by atoms with E-state index in [1.165, 1.54) is 0 Å². The number of fused-ring (bicyclic) bond motifs is 3. The van der Waals surface area contributed by atoms with E-state index in [0.717, 1.165) is 35.1 Å². The fourth-order valence-electron chi connectivity index (χ4n) is 5.33. The van der Waals surface area contributed by atoms with Crippen molar-refractivity contribution >= 4 is 18.0 Å². The molecule has 0 unspecified atom stereocenters. The highest BCUT2D eigenvalue weighted by molar-refractivity contribution is 5.86. The van der Waals surface area contributed by atoms with Crippen molar-refractivity contribution in [3.05, 3.63) is 59.7 Å². The van der Waals surface area contributed by atoms with Gasteiger partial charge in [0.2, 0.25) is 5.91 Å². The second kappa shape index (κ2) is 10.9. The van der Waals surface area contributed by atoms with Crippen LogP contribution in [0, 0.1) is 11.8 Å². The van der Waals surface area contributed by atoms with E-state index in [-0.39, 0.29) is 30.4 Å². The Labute approximate surface area is 206 Å². The van der Waals surface area contributed by atoms with Gasteiger partial charge >= 0.3 is 12.1 Å². The molecule has 7 nitrogen and oxygen atoms in total. The van der Waals surface area contributed by atoms with Crippen LogP contribution in [-0.2, 0) is 14.3 Å². The van der Waals surface area contributed by atoms with Crippen LogP contribution in [0.3, 0.4) is 0 Å². The average Bonchev–Trinajstić information content (AvgIpc) is 3.16. The summed E-state index contributed by atoms with van der Waals surface area (Å²) in [6, 6.07) is 15.3. The molecule has 0 spiro atoms. The quantitative estimate of drug-likeness (QED) is 0.510. The maximum Gasteiger partial charge on any atom is 0.407 e.